The molecule has 0 spiro atoms. The number of aromatic nitrogens is 3. The fourth-order valence-electron chi connectivity index (χ4n) is 2.06. The maximum Gasteiger partial charge on any atom is 0.137 e. The second-order valence-corrected chi connectivity index (χ2v) is 4.77. The molecule has 1 aromatic heterocycles. The van der Waals surface area contributed by atoms with Crippen LogP contribution in [0.1, 0.15) is 36.3 Å². The van der Waals surface area contributed by atoms with Crippen molar-refractivity contribution in [3.05, 3.63) is 41.5 Å². The lowest BCUT2D eigenvalue weighted by atomic mass is 10.0. The van der Waals surface area contributed by atoms with Gasteiger partial charge in [0.25, 0.3) is 0 Å². The molecule has 0 bridgehead atoms. The van der Waals surface area contributed by atoms with Gasteiger partial charge in [0.05, 0.1) is 0 Å². The summed E-state index contributed by atoms with van der Waals surface area (Å²) in [6.45, 7) is 4.90. The quantitative estimate of drug-likeness (QED) is 0.695. The first-order chi connectivity index (χ1) is 9.16. The van der Waals surface area contributed by atoms with E-state index in [4.69, 9.17) is 0 Å². The SMILES string of the molecule is Cc1ccc(C(C)NCCCc2ncn[nH]2)c(O)c1. The van der Waals surface area contributed by atoms with Gasteiger partial charge < -0.3 is 10.4 Å². The van der Waals surface area contributed by atoms with Crippen LogP contribution in [0.3, 0.4) is 0 Å². The predicted molar refractivity (Wildman–Crippen MR) is 74.0 cm³/mol. The van der Waals surface area contributed by atoms with Crippen molar-refractivity contribution in [1.29, 1.82) is 0 Å². The summed E-state index contributed by atoms with van der Waals surface area (Å²) in [5.74, 6) is 1.27. The second-order valence-electron chi connectivity index (χ2n) is 4.77. The van der Waals surface area contributed by atoms with Crippen molar-refractivity contribution in [3.63, 3.8) is 0 Å². The Morgan fingerprint density at radius 1 is 1.42 bits per heavy atom. The number of nitrogens with one attached hydrogen (secondary N) is 2. The molecule has 2 aromatic rings. The molecule has 0 aliphatic heterocycles. The smallest absolute Gasteiger partial charge is 0.137 e. The summed E-state index contributed by atoms with van der Waals surface area (Å²) in [5, 5.41) is 20.0. The van der Waals surface area contributed by atoms with Gasteiger partial charge in [0, 0.05) is 18.0 Å². The van der Waals surface area contributed by atoms with E-state index in [2.05, 4.69) is 27.4 Å². The number of rotatable bonds is 6. The molecular weight excluding hydrogens is 240 g/mol. The molecule has 5 heteroatoms. The highest BCUT2D eigenvalue weighted by Crippen LogP contribution is 2.24. The van der Waals surface area contributed by atoms with Crippen LogP contribution < -0.4 is 5.32 Å². The van der Waals surface area contributed by atoms with Gasteiger partial charge >= 0.3 is 0 Å². The summed E-state index contributed by atoms with van der Waals surface area (Å²) in [6, 6.07) is 5.91. The van der Waals surface area contributed by atoms with Crippen LogP contribution >= 0.6 is 0 Å². The van der Waals surface area contributed by atoms with E-state index in [-0.39, 0.29) is 6.04 Å². The summed E-state index contributed by atoms with van der Waals surface area (Å²) in [5.41, 5.74) is 2.00. The fourth-order valence-corrected chi connectivity index (χ4v) is 2.06. The number of hydrogen-bond donors (Lipinski definition) is 3. The van der Waals surface area contributed by atoms with Crippen LogP contribution in [-0.4, -0.2) is 26.8 Å². The lowest BCUT2D eigenvalue weighted by Crippen LogP contribution is -2.20. The van der Waals surface area contributed by atoms with Crippen LogP contribution in [0, 0.1) is 6.92 Å². The van der Waals surface area contributed by atoms with Gasteiger partial charge in [-0.3, -0.25) is 5.10 Å². The number of nitrogens with zero attached hydrogens (tertiary/aromatic N) is 2. The van der Waals surface area contributed by atoms with Crippen LogP contribution in [-0.2, 0) is 6.42 Å². The Morgan fingerprint density at radius 2 is 2.26 bits per heavy atom. The average molecular weight is 260 g/mol. The molecule has 19 heavy (non-hydrogen) atoms. The number of aromatic amines is 1. The molecule has 1 unspecified atom stereocenters. The molecule has 102 valence electrons. The van der Waals surface area contributed by atoms with Crippen molar-refractivity contribution >= 4 is 0 Å². The Labute approximate surface area is 113 Å². The van der Waals surface area contributed by atoms with Crippen LogP contribution in [0.4, 0.5) is 0 Å². The van der Waals surface area contributed by atoms with Crippen LogP contribution in [0.25, 0.3) is 0 Å². The zero-order valence-electron chi connectivity index (χ0n) is 11.3. The number of hydrogen-bond acceptors (Lipinski definition) is 4. The molecule has 0 saturated carbocycles. The van der Waals surface area contributed by atoms with E-state index >= 15 is 0 Å². The first kappa shape index (κ1) is 13.5. The minimum Gasteiger partial charge on any atom is -0.508 e. The minimum absolute atomic E-state index is 0.135. The van der Waals surface area contributed by atoms with Gasteiger partial charge in [-0.25, -0.2) is 4.98 Å². The Hall–Kier alpha value is -1.88. The Morgan fingerprint density at radius 3 is 2.95 bits per heavy atom. The summed E-state index contributed by atoms with van der Waals surface area (Å²) in [6.07, 6.45) is 3.38. The van der Waals surface area contributed by atoms with Crippen molar-refractivity contribution < 1.29 is 5.11 Å². The molecule has 3 N–H and O–H groups in total. The molecule has 0 saturated heterocycles. The summed E-state index contributed by atoms with van der Waals surface area (Å²) in [4.78, 5) is 4.08. The van der Waals surface area contributed by atoms with Gasteiger partial charge in [-0.15, -0.1) is 0 Å². The molecular formula is C14H20N4O. The number of benzene rings is 1. The highest BCUT2D eigenvalue weighted by molar-refractivity contribution is 5.37. The molecule has 1 aromatic carbocycles. The first-order valence-electron chi connectivity index (χ1n) is 6.54. The van der Waals surface area contributed by atoms with Crippen molar-refractivity contribution in [2.24, 2.45) is 0 Å². The van der Waals surface area contributed by atoms with E-state index in [1.807, 2.05) is 19.1 Å². The van der Waals surface area contributed by atoms with E-state index in [0.29, 0.717) is 5.75 Å². The van der Waals surface area contributed by atoms with Crippen molar-refractivity contribution in [3.8, 4) is 5.75 Å². The molecule has 1 heterocycles. The van der Waals surface area contributed by atoms with E-state index < -0.39 is 0 Å². The van der Waals surface area contributed by atoms with Crippen molar-refractivity contribution in [2.45, 2.75) is 32.7 Å². The monoisotopic (exact) mass is 260 g/mol. The number of aromatic hydroxyl groups is 1. The Bertz CT molecular complexity index is 510. The summed E-state index contributed by atoms with van der Waals surface area (Å²) >= 11 is 0. The maximum atomic E-state index is 9.91. The van der Waals surface area contributed by atoms with Crippen molar-refractivity contribution in [2.75, 3.05) is 6.54 Å². The molecule has 0 radical (unpaired) electrons. The molecule has 5 nitrogen and oxygen atoms in total. The average Bonchev–Trinajstić information content (AvgIpc) is 2.87. The van der Waals surface area contributed by atoms with Crippen LogP contribution in [0.2, 0.25) is 0 Å². The predicted octanol–water partition coefficient (Wildman–Crippen LogP) is 2.10. The fraction of sp³-hybridized carbons (Fsp3) is 0.429. The number of H-pyrrole nitrogens is 1. The van der Waals surface area contributed by atoms with Gasteiger partial charge in [0.2, 0.25) is 0 Å². The minimum atomic E-state index is 0.135. The van der Waals surface area contributed by atoms with Gasteiger partial charge in [0.1, 0.15) is 17.9 Å². The normalized spacial score (nSPS) is 12.5. The third-order valence-corrected chi connectivity index (χ3v) is 3.16. The third kappa shape index (κ3) is 3.79. The van der Waals surface area contributed by atoms with Gasteiger partial charge in [-0.05, 0) is 38.4 Å². The lowest BCUT2D eigenvalue weighted by molar-refractivity contribution is 0.451. The highest BCUT2D eigenvalue weighted by Gasteiger charge is 2.09. The van der Waals surface area contributed by atoms with Crippen LogP contribution in [0.5, 0.6) is 5.75 Å². The van der Waals surface area contributed by atoms with Gasteiger partial charge in [-0.1, -0.05) is 12.1 Å². The number of aryl methyl sites for hydroxylation is 2. The third-order valence-electron chi connectivity index (χ3n) is 3.16. The largest absolute Gasteiger partial charge is 0.508 e. The number of phenolic OH excluding ortho intramolecular Hbond substituents is 1. The second kappa shape index (κ2) is 6.33. The molecule has 0 aliphatic rings. The molecule has 1 atom stereocenters. The molecule has 0 aliphatic carbocycles. The molecule has 0 fully saturated rings. The first-order valence-corrected chi connectivity index (χ1v) is 6.54. The van der Waals surface area contributed by atoms with Crippen molar-refractivity contribution in [1.82, 2.24) is 20.5 Å². The zero-order chi connectivity index (χ0) is 13.7. The maximum absolute atomic E-state index is 9.91. The van der Waals surface area contributed by atoms with E-state index in [9.17, 15) is 5.11 Å². The van der Waals surface area contributed by atoms with Crippen LogP contribution in [0.15, 0.2) is 24.5 Å². The standard InChI is InChI=1S/C14H20N4O/c1-10-5-6-12(13(19)8-10)11(2)15-7-3-4-14-16-9-17-18-14/h5-6,8-9,11,15,19H,3-4,7H2,1-2H3,(H,16,17,18). The van der Waals surface area contributed by atoms with E-state index in [0.717, 1.165) is 36.3 Å². The van der Waals surface area contributed by atoms with Gasteiger partial charge in [0.15, 0.2) is 0 Å². The number of phenols is 1. The molecule has 0 amide bonds. The van der Waals surface area contributed by atoms with E-state index in [1.54, 1.807) is 6.07 Å². The highest BCUT2D eigenvalue weighted by atomic mass is 16.3. The topological polar surface area (TPSA) is 73.8 Å². The summed E-state index contributed by atoms with van der Waals surface area (Å²) in [7, 11) is 0. The van der Waals surface area contributed by atoms with E-state index in [1.165, 1.54) is 6.33 Å². The van der Waals surface area contributed by atoms with Gasteiger partial charge in [-0.2, -0.15) is 5.10 Å². The Balaban J connectivity index is 1.79. The zero-order valence-corrected chi connectivity index (χ0v) is 11.3. The summed E-state index contributed by atoms with van der Waals surface area (Å²) < 4.78 is 0. The Kier molecular flexibility index (Phi) is 4.52. The lowest BCUT2D eigenvalue weighted by Gasteiger charge is -2.15. The molecule has 2 rings (SSSR count).